The minimum Gasteiger partial charge on any atom is -0.497 e. The molecular formula is C21H18INO. The third-order valence-corrected chi connectivity index (χ3v) is 4.78. The van der Waals surface area contributed by atoms with Gasteiger partial charge in [0.25, 0.3) is 0 Å². The van der Waals surface area contributed by atoms with E-state index in [9.17, 15) is 0 Å². The molecule has 0 saturated carbocycles. The van der Waals surface area contributed by atoms with Gasteiger partial charge in [-0.25, -0.2) is 0 Å². The maximum Gasteiger partial charge on any atom is 0.118 e. The van der Waals surface area contributed by atoms with Crippen molar-refractivity contribution in [2.24, 2.45) is 0 Å². The molecule has 0 amide bonds. The second kappa shape index (κ2) is 7.59. The lowest BCUT2D eigenvalue weighted by Crippen LogP contribution is -2.17. The molecule has 3 heteroatoms. The van der Waals surface area contributed by atoms with Gasteiger partial charge in [-0.15, -0.1) is 0 Å². The van der Waals surface area contributed by atoms with Gasteiger partial charge in [0.15, 0.2) is 0 Å². The predicted octanol–water partition coefficient (Wildman–Crippen LogP) is 4.94. The van der Waals surface area contributed by atoms with E-state index >= 15 is 0 Å². The third kappa shape index (κ3) is 3.65. The highest BCUT2D eigenvalue weighted by molar-refractivity contribution is 14.1. The first-order chi connectivity index (χ1) is 11.7. The van der Waals surface area contributed by atoms with Crippen LogP contribution >= 0.6 is 22.6 Å². The van der Waals surface area contributed by atoms with E-state index in [1.807, 2.05) is 24.3 Å². The van der Waals surface area contributed by atoms with Crippen LogP contribution in [-0.2, 0) is 0 Å². The van der Waals surface area contributed by atoms with E-state index in [1.54, 1.807) is 7.11 Å². The van der Waals surface area contributed by atoms with Crippen molar-refractivity contribution in [1.29, 1.82) is 0 Å². The van der Waals surface area contributed by atoms with E-state index in [0.717, 1.165) is 11.3 Å². The summed E-state index contributed by atoms with van der Waals surface area (Å²) < 4.78 is 6.42. The Kier molecular flexibility index (Phi) is 5.27. The van der Waals surface area contributed by atoms with Crippen molar-refractivity contribution in [3.63, 3.8) is 0 Å². The molecule has 0 atom stereocenters. The molecule has 0 aliphatic carbocycles. The Morgan fingerprint density at radius 1 is 1.00 bits per heavy atom. The Morgan fingerprint density at radius 2 is 1.71 bits per heavy atom. The van der Waals surface area contributed by atoms with E-state index in [4.69, 9.17) is 4.74 Å². The smallest absolute Gasteiger partial charge is 0.118 e. The quantitative estimate of drug-likeness (QED) is 0.434. The molecule has 3 aromatic rings. The lowest BCUT2D eigenvalue weighted by Gasteiger charge is -2.19. The van der Waals surface area contributed by atoms with Crippen molar-refractivity contribution >= 4 is 39.1 Å². The SMILES string of the molecule is COc1ccc(C#CCN(C)c2cccc3cccc(I)c23)cc1. The van der Waals surface area contributed by atoms with Crippen LogP contribution in [0.25, 0.3) is 10.8 Å². The van der Waals surface area contributed by atoms with Crippen molar-refractivity contribution in [2.45, 2.75) is 0 Å². The van der Waals surface area contributed by atoms with Gasteiger partial charge in [-0.2, -0.15) is 0 Å². The van der Waals surface area contributed by atoms with Crippen molar-refractivity contribution in [2.75, 3.05) is 25.6 Å². The number of rotatable bonds is 3. The van der Waals surface area contributed by atoms with Crippen LogP contribution in [0, 0.1) is 15.4 Å². The van der Waals surface area contributed by atoms with Crippen LogP contribution in [0.4, 0.5) is 5.69 Å². The Labute approximate surface area is 156 Å². The molecule has 0 aliphatic rings. The molecule has 0 saturated heterocycles. The summed E-state index contributed by atoms with van der Waals surface area (Å²) in [5, 5.41) is 2.55. The summed E-state index contributed by atoms with van der Waals surface area (Å²) in [4.78, 5) is 2.20. The number of nitrogens with zero attached hydrogens (tertiary/aromatic N) is 1. The van der Waals surface area contributed by atoms with Gasteiger partial charge < -0.3 is 9.64 Å². The molecule has 3 rings (SSSR count). The van der Waals surface area contributed by atoms with Crippen LogP contribution in [-0.4, -0.2) is 20.7 Å². The minimum absolute atomic E-state index is 0.677. The average Bonchev–Trinajstić information content (AvgIpc) is 2.62. The Morgan fingerprint density at radius 3 is 2.42 bits per heavy atom. The lowest BCUT2D eigenvalue weighted by atomic mass is 10.1. The van der Waals surface area contributed by atoms with E-state index in [1.165, 1.54) is 20.0 Å². The second-order valence-corrected chi connectivity index (χ2v) is 6.66. The summed E-state index contributed by atoms with van der Waals surface area (Å²) in [5.41, 5.74) is 2.21. The molecule has 0 radical (unpaired) electrons. The maximum atomic E-state index is 5.16. The number of benzene rings is 3. The first-order valence-corrected chi connectivity index (χ1v) is 8.78. The van der Waals surface area contributed by atoms with E-state index < -0.39 is 0 Å². The van der Waals surface area contributed by atoms with Gasteiger partial charge in [-0.1, -0.05) is 36.1 Å². The molecule has 120 valence electrons. The van der Waals surface area contributed by atoms with Gasteiger partial charge in [0.2, 0.25) is 0 Å². The van der Waals surface area contributed by atoms with Crippen molar-refractivity contribution in [1.82, 2.24) is 0 Å². The molecular weight excluding hydrogens is 409 g/mol. The monoisotopic (exact) mass is 427 g/mol. The maximum absolute atomic E-state index is 5.16. The Hall–Kier alpha value is -2.19. The summed E-state index contributed by atoms with van der Waals surface area (Å²) >= 11 is 2.40. The highest BCUT2D eigenvalue weighted by Crippen LogP contribution is 2.30. The minimum atomic E-state index is 0.677. The summed E-state index contributed by atoms with van der Waals surface area (Å²) in [6, 6.07) is 20.6. The number of fused-ring (bicyclic) bond motifs is 1. The highest BCUT2D eigenvalue weighted by atomic mass is 127. The predicted molar refractivity (Wildman–Crippen MR) is 110 cm³/mol. The number of hydrogen-bond acceptors (Lipinski definition) is 2. The van der Waals surface area contributed by atoms with Crippen LogP contribution in [0.1, 0.15) is 5.56 Å². The van der Waals surface area contributed by atoms with Crippen LogP contribution in [0.2, 0.25) is 0 Å². The normalized spacial score (nSPS) is 10.1. The van der Waals surface area contributed by atoms with Gasteiger partial charge >= 0.3 is 0 Å². The van der Waals surface area contributed by atoms with Gasteiger partial charge in [0.05, 0.1) is 13.7 Å². The molecule has 0 aliphatic heterocycles. The van der Waals surface area contributed by atoms with Crippen LogP contribution in [0.3, 0.4) is 0 Å². The summed E-state index contributed by atoms with van der Waals surface area (Å²) in [6.45, 7) is 0.677. The fraction of sp³-hybridized carbons (Fsp3) is 0.143. The van der Waals surface area contributed by atoms with Gasteiger partial charge in [-0.05, 0) is 64.4 Å². The third-order valence-electron chi connectivity index (χ3n) is 3.88. The highest BCUT2D eigenvalue weighted by Gasteiger charge is 2.07. The molecule has 0 unspecified atom stereocenters. The van der Waals surface area contributed by atoms with Crippen molar-refractivity contribution in [3.05, 3.63) is 69.8 Å². The van der Waals surface area contributed by atoms with Crippen LogP contribution in [0.5, 0.6) is 5.75 Å². The molecule has 24 heavy (non-hydrogen) atoms. The number of halogens is 1. The zero-order chi connectivity index (χ0) is 16.9. The van der Waals surface area contributed by atoms with Crippen molar-refractivity contribution in [3.8, 4) is 17.6 Å². The summed E-state index contributed by atoms with van der Waals surface area (Å²) in [7, 11) is 3.75. The largest absolute Gasteiger partial charge is 0.497 e. The second-order valence-electron chi connectivity index (χ2n) is 5.50. The number of methoxy groups -OCH3 is 1. The van der Waals surface area contributed by atoms with E-state index in [0.29, 0.717) is 6.54 Å². The lowest BCUT2D eigenvalue weighted by molar-refractivity contribution is 0.415. The van der Waals surface area contributed by atoms with Crippen LogP contribution in [0.15, 0.2) is 60.7 Å². The molecule has 2 nitrogen and oxygen atoms in total. The fourth-order valence-electron chi connectivity index (χ4n) is 2.61. The number of ether oxygens (including phenoxy) is 1. The van der Waals surface area contributed by atoms with E-state index in [2.05, 4.69) is 82.8 Å². The first-order valence-electron chi connectivity index (χ1n) is 7.70. The summed E-state index contributed by atoms with van der Waals surface area (Å²) in [6.07, 6.45) is 0. The van der Waals surface area contributed by atoms with Gasteiger partial charge in [-0.3, -0.25) is 0 Å². The Bertz CT molecular complexity index is 901. The molecule has 0 N–H and O–H groups in total. The first kappa shape index (κ1) is 16.7. The molecule has 3 aromatic carbocycles. The summed E-state index contributed by atoms with van der Waals surface area (Å²) in [5.74, 6) is 7.31. The van der Waals surface area contributed by atoms with Crippen LogP contribution < -0.4 is 9.64 Å². The zero-order valence-corrected chi connectivity index (χ0v) is 15.9. The van der Waals surface area contributed by atoms with Crippen molar-refractivity contribution < 1.29 is 4.74 Å². The zero-order valence-electron chi connectivity index (χ0n) is 13.7. The molecule has 0 spiro atoms. The standard InChI is InChI=1S/C21H18INO/c1-23(15-5-6-16-11-13-18(24-2)14-12-16)20-10-4-8-17-7-3-9-19(22)21(17)20/h3-4,7-14H,15H2,1-2H3. The average molecular weight is 427 g/mol. The molecule has 0 bridgehead atoms. The van der Waals surface area contributed by atoms with Gasteiger partial charge in [0, 0.05) is 27.3 Å². The van der Waals surface area contributed by atoms with E-state index in [-0.39, 0.29) is 0 Å². The molecule has 0 fully saturated rings. The number of hydrogen-bond donors (Lipinski definition) is 0. The fourth-order valence-corrected chi connectivity index (χ4v) is 3.41. The van der Waals surface area contributed by atoms with Gasteiger partial charge in [0.1, 0.15) is 5.75 Å². The molecule has 0 heterocycles. The molecule has 0 aromatic heterocycles. The Balaban J connectivity index is 1.81. The topological polar surface area (TPSA) is 12.5 Å². The number of anilines is 1.